The lowest BCUT2D eigenvalue weighted by molar-refractivity contribution is -0.384. The Balaban J connectivity index is 3.17. The van der Waals surface area contributed by atoms with E-state index in [4.69, 9.17) is 4.74 Å². The summed E-state index contributed by atoms with van der Waals surface area (Å²) >= 11 is 0. The number of rotatable bonds is 4. The number of carbonyl (C=O) groups excluding carboxylic acids is 2. The van der Waals surface area contributed by atoms with E-state index in [1.165, 1.54) is 29.2 Å². The summed E-state index contributed by atoms with van der Waals surface area (Å²) in [6.07, 6.45) is -0.742. The van der Waals surface area contributed by atoms with Crippen LogP contribution < -0.4 is 4.90 Å². The minimum absolute atomic E-state index is 0.173. The van der Waals surface area contributed by atoms with E-state index >= 15 is 0 Å². The average Bonchev–Trinajstić information content (AvgIpc) is 2.42. The third-order valence-electron chi connectivity index (χ3n) is 2.76. The largest absolute Gasteiger partial charge is 0.443 e. The Morgan fingerprint density at radius 3 is 2.35 bits per heavy atom. The Hall–Kier alpha value is -2.64. The molecule has 0 atom stereocenters. The molecule has 1 aromatic rings. The van der Waals surface area contributed by atoms with E-state index in [9.17, 15) is 19.7 Å². The van der Waals surface area contributed by atoms with Crippen LogP contribution in [0.5, 0.6) is 0 Å². The molecule has 0 aliphatic heterocycles. The van der Waals surface area contributed by atoms with Crippen molar-refractivity contribution in [2.75, 3.05) is 25.5 Å². The summed E-state index contributed by atoms with van der Waals surface area (Å²) in [6.45, 7) is 4.82. The molecule has 2 amide bonds. The first-order chi connectivity index (χ1) is 10.5. The van der Waals surface area contributed by atoms with Gasteiger partial charge in [-0.15, -0.1) is 0 Å². The number of carbonyl (C=O) groups is 2. The van der Waals surface area contributed by atoms with Gasteiger partial charge in [-0.25, -0.2) is 4.79 Å². The number of nitrogens with zero attached hydrogens (tertiary/aromatic N) is 3. The molecule has 0 radical (unpaired) electrons. The number of non-ortho nitro benzene ring substituents is 1. The van der Waals surface area contributed by atoms with E-state index < -0.39 is 16.6 Å². The molecule has 0 saturated heterocycles. The number of amides is 2. The number of likely N-dealkylation sites (N-methyl/N-ethyl adjacent to an activating group) is 1. The highest BCUT2D eigenvalue weighted by molar-refractivity contribution is 5.95. The molecule has 0 spiro atoms. The fourth-order valence-electron chi connectivity index (χ4n) is 1.63. The molecular formula is C15H21N3O5. The Labute approximate surface area is 134 Å². The smallest absolute Gasteiger partial charge is 0.415 e. The number of benzene rings is 1. The number of hydrogen-bond donors (Lipinski definition) is 0. The molecule has 0 unspecified atom stereocenters. The zero-order valence-corrected chi connectivity index (χ0v) is 13.9. The minimum atomic E-state index is -0.753. The highest BCUT2D eigenvalue weighted by Gasteiger charge is 2.26. The van der Waals surface area contributed by atoms with Crippen molar-refractivity contribution in [1.82, 2.24) is 4.90 Å². The Morgan fingerprint density at radius 2 is 1.87 bits per heavy atom. The minimum Gasteiger partial charge on any atom is -0.443 e. The molecule has 0 aliphatic rings. The second-order valence-electron chi connectivity index (χ2n) is 6.13. The van der Waals surface area contributed by atoms with Crippen LogP contribution in [0, 0.1) is 10.1 Å². The molecule has 8 nitrogen and oxygen atoms in total. The molecule has 0 fully saturated rings. The first kappa shape index (κ1) is 18.4. The zero-order chi connectivity index (χ0) is 17.8. The highest BCUT2D eigenvalue weighted by atomic mass is 16.6. The Kier molecular flexibility index (Phi) is 5.67. The predicted octanol–water partition coefficient (Wildman–Crippen LogP) is 2.42. The number of nitro benzene ring substituents is 1. The van der Waals surface area contributed by atoms with Crippen LogP contribution in [0.2, 0.25) is 0 Å². The van der Waals surface area contributed by atoms with E-state index in [0.29, 0.717) is 0 Å². The van der Waals surface area contributed by atoms with Gasteiger partial charge in [0, 0.05) is 26.2 Å². The maximum Gasteiger partial charge on any atom is 0.415 e. The van der Waals surface area contributed by atoms with Crippen molar-refractivity contribution in [2.24, 2.45) is 0 Å². The molecular weight excluding hydrogens is 302 g/mol. The first-order valence-electron chi connectivity index (χ1n) is 6.96. The molecule has 1 aromatic carbocycles. The van der Waals surface area contributed by atoms with Crippen LogP contribution in [-0.2, 0) is 9.53 Å². The van der Waals surface area contributed by atoms with E-state index in [1.54, 1.807) is 34.9 Å². The van der Waals surface area contributed by atoms with Crippen molar-refractivity contribution >= 4 is 23.4 Å². The van der Waals surface area contributed by atoms with Crippen LogP contribution in [-0.4, -0.2) is 48.1 Å². The molecule has 23 heavy (non-hydrogen) atoms. The number of anilines is 1. The predicted molar refractivity (Wildman–Crippen MR) is 85.4 cm³/mol. The van der Waals surface area contributed by atoms with Crippen molar-refractivity contribution in [3.05, 3.63) is 34.4 Å². The molecule has 126 valence electrons. The summed E-state index contributed by atoms with van der Waals surface area (Å²) in [6, 6.07) is 5.50. The third-order valence-corrected chi connectivity index (χ3v) is 2.76. The van der Waals surface area contributed by atoms with Gasteiger partial charge in [0.05, 0.1) is 10.6 Å². The van der Waals surface area contributed by atoms with Crippen molar-refractivity contribution < 1.29 is 19.2 Å². The third kappa shape index (κ3) is 5.57. The van der Waals surface area contributed by atoms with Crippen molar-refractivity contribution in [3.63, 3.8) is 0 Å². The second kappa shape index (κ2) is 7.08. The summed E-state index contributed by atoms with van der Waals surface area (Å²) in [5.74, 6) is -0.331. The van der Waals surface area contributed by atoms with Gasteiger partial charge in [0.1, 0.15) is 12.1 Å². The normalized spacial score (nSPS) is 10.8. The Bertz CT molecular complexity index is 607. The van der Waals surface area contributed by atoms with Gasteiger partial charge in [0.15, 0.2) is 0 Å². The van der Waals surface area contributed by atoms with Crippen molar-refractivity contribution in [3.8, 4) is 0 Å². The number of ether oxygens (including phenoxy) is 1. The lowest BCUT2D eigenvalue weighted by Crippen LogP contribution is -2.43. The lowest BCUT2D eigenvalue weighted by Gasteiger charge is -2.27. The average molecular weight is 323 g/mol. The summed E-state index contributed by atoms with van der Waals surface area (Å²) in [4.78, 5) is 37.1. The van der Waals surface area contributed by atoms with Crippen molar-refractivity contribution in [2.45, 2.75) is 26.4 Å². The van der Waals surface area contributed by atoms with Crippen LogP contribution in [0.1, 0.15) is 20.8 Å². The van der Waals surface area contributed by atoms with Crippen LogP contribution in [0.4, 0.5) is 16.2 Å². The summed E-state index contributed by atoms with van der Waals surface area (Å²) < 4.78 is 5.28. The second-order valence-corrected chi connectivity index (χ2v) is 6.13. The van der Waals surface area contributed by atoms with E-state index in [1.807, 2.05) is 0 Å². The molecule has 0 aromatic heterocycles. The molecule has 8 heteroatoms. The van der Waals surface area contributed by atoms with Gasteiger partial charge in [0.25, 0.3) is 5.69 Å². The van der Waals surface area contributed by atoms with Gasteiger partial charge in [0.2, 0.25) is 5.91 Å². The van der Waals surface area contributed by atoms with E-state index in [0.717, 1.165) is 4.90 Å². The number of hydrogen-bond acceptors (Lipinski definition) is 5. The first-order valence-corrected chi connectivity index (χ1v) is 6.96. The maximum absolute atomic E-state index is 12.4. The van der Waals surface area contributed by atoms with Crippen LogP contribution in [0.15, 0.2) is 24.3 Å². The summed E-state index contributed by atoms with van der Waals surface area (Å²) in [5, 5.41) is 10.9. The molecule has 0 bridgehead atoms. The fraction of sp³-hybridized carbons (Fsp3) is 0.467. The van der Waals surface area contributed by atoms with Crippen LogP contribution in [0.25, 0.3) is 0 Å². The fourth-order valence-corrected chi connectivity index (χ4v) is 1.63. The Morgan fingerprint density at radius 1 is 1.26 bits per heavy atom. The number of nitro groups is 1. The van der Waals surface area contributed by atoms with Gasteiger partial charge in [-0.3, -0.25) is 19.8 Å². The zero-order valence-electron chi connectivity index (χ0n) is 13.9. The summed E-state index contributed by atoms with van der Waals surface area (Å²) in [7, 11) is 3.12. The van der Waals surface area contributed by atoms with Gasteiger partial charge >= 0.3 is 6.09 Å². The molecule has 0 saturated carbocycles. The summed E-state index contributed by atoms with van der Waals surface area (Å²) in [5.41, 5.74) is -0.700. The standard InChI is InChI=1S/C15H21N3O5/c1-15(2,3)23-14(20)17(10-13(19)16(4)5)11-7-6-8-12(9-11)18(21)22/h6-9H,10H2,1-5H3. The van der Waals surface area contributed by atoms with Crippen LogP contribution in [0.3, 0.4) is 0 Å². The van der Waals surface area contributed by atoms with Gasteiger partial charge in [-0.2, -0.15) is 0 Å². The lowest BCUT2D eigenvalue weighted by atomic mass is 10.2. The molecule has 0 aliphatic carbocycles. The van der Waals surface area contributed by atoms with Crippen LogP contribution >= 0.6 is 0 Å². The van der Waals surface area contributed by atoms with Gasteiger partial charge in [-0.1, -0.05) is 6.07 Å². The SMILES string of the molecule is CN(C)C(=O)CN(C(=O)OC(C)(C)C)c1cccc([N+](=O)[O-])c1. The monoisotopic (exact) mass is 323 g/mol. The quantitative estimate of drug-likeness (QED) is 0.626. The molecule has 0 heterocycles. The van der Waals surface area contributed by atoms with Gasteiger partial charge in [-0.05, 0) is 26.8 Å². The highest BCUT2D eigenvalue weighted by Crippen LogP contribution is 2.23. The topological polar surface area (TPSA) is 93.0 Å². The van der Waals surface area contributed by atoms with Crippen molar-refractivity contribution in [1.29, 1.82) is 0 Å². The molecule has 0 N–H and O–H groups in total. The van der Waals surface area contributed by atoms with Gasteiger partial charge < -0.3 is 9.64 Å². The van der Waals surface area contributed by atoms with E-state index in [-0.39, 0.29) is 23.8 Å². The maximum atomic E-state index is 12.4. The van der Waals surface area contributed by atoms with E-state index in [2.05, 4.69) is 0 Å². The molecule has 1 rings (SSSR count).